The van der Waals surface area contributed by atoms with Crippen molar-refractivity contribution in [3.63, 3.8) is 0 Å². The fraction of sp³-hybridized carbons (Fsp3) is 0.458. The van der Waals surface area contributed by atoms with Gasteiger partial charge in [0.25, 0.3) is 0 Å². The highest BCUT2D eigenvalue weighted by atomic mass is 35.5. The molecule has 4 heterocycles. The number of fused-ring (bicyclic) bond motifs is 1. The lowest BCUT2D eigenvalue weighted by Gasteiger charge is -2.28. The summed E-state index contributed by atoms with van der Waals surface area (Å²) in [5, 5.41) is 0.275. The Hall–Kier alpha value is -2.84. The molecular weight excluding hydrogens is 442 g/mol. The minimum Gasteiger partial charge on any atom is -0.461 e. The van der Waals surface area contributed by atoms with Gasteiger partial charge in [0, 0.05) is 19.2 Å². The van der Waals surface area contributed by atoms with E-state index in [0.717, 1.165) is 55.7 Å². The lowest BCUT2D eigenvalue weighted by atomic mass is 9.86. The van der Waals surface area contributed by atoms with Gasteiger partial charge in [0.15, 0.2) is 11.3 Å². The lowest BCUT2D eigenvalue weighted by Crippen LogP contribution is -2.32. The number of hydrogen-bond donors (Lipinski definition) is 0. The molecule has 3 aromatic rings. The van der Waals surface area contributed by atoms with Gasteiger partial charge >= 0.3 is 5.97 Å². The third-order valence-electron chi connectivity index (χ3n) is 6.28. The Morgan fingerprint density at radius 2 is 2.12 bits per heavy atom. The van der Waals surface area contributed by atoms with E-state index in [9.17, 15) is 4.79 Å². The van der Waals surface area contributed by atoms with Crippen LogP contribution in [0.15, 0.2) is 30.5 Å². The van der Waals surface area contributed by atoms with Crippen LogP contribution in [0.5, 0.6) is 0 Å². The fourth-order valence-corrected chi connectivity index (χ4v) is 4.57. The van der Waals surface area contributed by atoms with E-state index >= 15 is 0 Å². The molecule has 2 aliphatic rings. The number of aromatic nitrogens is 5. The van der Waals surface area contributed by atoms with Crippen LogP contribution >= 0.6 is 11.6 Å². The number of ether oxygens (including phenoxy) is 2. The summed E-state index contributed by atoms with van der Waals surface area (Å²) >= 11 is 5.96. The highest BCUT2D eigenvalue weighted by Gasteiger charge is 2.25. The number of pyridine rings is 1. The average molecular weight is 468 g/mol. The second-order valence-corrected chi connectivity index (χ2v) is 8.80. The maximum absolute atomic E-state index is 12.2. The van der Waals surface area contributed by atoms with Crippen molar-refractivity contribution < 1.29 is 14.3 Å². The van der Waals surface area contributed by atoms with E-state index in [1.54, 1.807) is 19.2 Å². The van der Waals surface area contributed by atoms with Crippen molar-refractivity contribution in [2.45, 2.75) is 51.7 Å². The van der Waals surface area contributed by atoms with Crippen LogP contribution in [0, 0.1) is 5.92 Å². The summed E-state index contributed by atoms with van der Waals surface area (Å²) < 4.78 is 12.9. The highest BCUT2D eigenvalue weighted by Crippen LogP contribution is 2.32. The summed E-state index contributed by atoms with van der Waals surface area (Å²) in [4.78, 5) is 30.0. The van der Waals surface area contributed by atoms with Crippen molar-refractivity contribution in [2.24, 2.45) is 5.92 Å². The van der Waals surface area contributed by atoms with Crippen LogP contribution in [0.25, 0.3) is 16.7 Å². The highest BCUT2D eigenvalue weighted by molar-refractivity contribution is 6.28. The molecule has 0 aromatic carbocycles. The number of imidazole rings is 1. The Labute approximate surface area is 197 Å². The molecule has 0 N–H and O–H groups in total. The number of halogens is 1. The Balaban J connectivity index is 1.39. The van der Waals surface area contributed by atoms with Crippen LogP contribution in [-0.2, 0) is 22.4 Å². The molecule has 0 saturated carbocycles. The van der Waals surface area contributed by atoms with Gasteiger partial charge in [-0.05, 0) is 73.9 Å². The molecule has 1 unspecified atom stereocenters. The number of nitrogens with zero attached hydrogens (tertiary/aromatic N) is 5. The number of carbonyl (C=O) groups is 1. The zero-order chi connectivity index (χ0) is 22.8. The smallest absolute Gasteiger partial charge is 0.357 e. The topological polar surface area (TPSA) is 92.0 Å². The molecule has 1 saturated heterocycles. The van der Waals surface area contributed by atoms with Gasteiger partial charge < -0.3 is 14.0 Å². The molecule has 33 heavy (non-hydrogen) atoms. The van der Waals surface area contributed by atoms with E-state index in [-0.39, 0.29) is 11.4 Å². The molecule has 1 aliphatic carbocycles. The molecule has 0 radical (unpaired) electrons. The summed E-state index contributed by atoms with van der Waals surface area (Å²) in [6.07, 6.45) is 8.90. The van der Waals surface area contributed by atoms with E-state index in [4.69, 9.17) is 26.1 Å². The maximum atomic E-state index is 12.2. The van der Waals surface area contributed by atoms with E-state index in [1.807, 2.05) is 12.1 Å². The summed E-state index contributed by atoms with van der Waals surface area (Å²) in [6, 6.07) is 5.45. The van der Waals surface area contributed by atoms with Gasteiger partial charge in [-0.2, -0.15) is 0 Å². The zero-order valence-electron chi connectivity index (χ0n) is 18.5. The Bertz CT molecular complexity index is 1200. The molecule has 8 nitrogen and oxygen atoms in total. The molecule has 3 aromatic heterocycles. The summed E-state index contributed by atoms with van der Waals surface area (Å²) in [7, 11) is 0. The van der Waals surface area contributed by atoms with E-state index in [2.05, 4.69) is 25.6 Å². The SMILES string of the molecule is CCOC(=O)c1ccc2nc(CC3CC=C(c4ccnc(Cl)n4)CC3)n(C[C@@H]3CCO3)c2n1. The Kier molecular flexibility index (Phi) is 6.37. The molecule has 9 heteroatoms. The zero-order valence-corrected chi connectivity index (χ0v) is 19.3. The average Bonchev–Trinajstić information content (AvgIpc) is 3.13. The van der Waals surface area contributed by atoms with Gasteiger partial charge in [-0.25, -0.2) is 24.7 Å². The number of hydrogen-bond acceptors (Lipinski definition) is 7. The van der Waals surface area contributed by atoms with Crippen molar-refractivity contribution >= 4 is 34.3 Å². The third-order valence-corrected chi connectivity index (χ3v) is 6.46. The van der Waals surface area contributed by atoms with Crippen LogP contribution in [-0.4, -0.2) is 49.8 Å². The molecule has 1 aliphatic heterocycles. The minimum atomic E-state index is -0.414. The fourth-order valence-electron chi connectivity index (χ4n) is 4.43. The molecule has 5 rings (SSSR count). The predicted molar refractivity (Wildman–Crippen MR) is 124 cm³/mol. The van der Waals surface area contributed by atoms with Crippen LogP contribution in [0.2, 0.25) is 5.28 Å². The van der Waals surface area contributed by atoms with Crippen molar-refractivity contribution in [1.82, 2.24) is 24.5 Å². The number of allylic oxidation sites excluding steroid dienone is 2. The second kappa shape index (κ2) is 9.57. The second-order valence-electron chi connectivity index (χ2n) is 8.46. The van der Waals surface area contributed by atoms with Crippen LogP contribution in [0.1, 0.15) is 54.6 Å². The maximum Gasteiger partial charge on any atom is 0.357 e. The van der Waals surface area contributed by atoms with Gasteiger partial charge in [-0.1, -0.05) is 6.08 Å². The van der Waals surface area contributed by atoms with Gasteiger partial charge in [0.1, 0.15) is 11.3 Å². The van der Waals surface area contributed by atoms with Crippen LogP contribution < -0.4 is 0 Å². The Morgan fingerprint density at radius 1 is 1.24 bits per heavy atom. The standard InChI is InChI=1S/C24H26ClN5O3/c1-2-32-23(31)20-8-7-19-22(28-20)30(14-17-10-12-33-17)21(27-19)13-15-3-5-16(6-4-15)18-9-11-26-24(25)29-18/h5,7-9,11,15,17H,2-4,6,10,12-14H2,1H3/t15?,17-/m0/s1. The minimum absolute atomic E-state index is 0.162. The van der Waals surface area contributed by atoms with Crippen molar-refractivity contribution in [1.29, 1.82) is 0 Å². The van der Waals surface area contributed by atoms with Gasteiger partial charge in [-0.3, -0.25) is 0 Å². The van der Waals surface area contributed by atoms with E-state index in [1.165, 1.54) is 5.57 Å². The third kappa shape index (κ3) is 4.77. The van der Waals surface area contributed by atoms with E-state index < -0.39 is 5.97 Å². The number of rotatable bonds is 7. The van der Waals surface area contributed by atoms with E-state index in [0.29, 0.717) is 30.4 Å². The van der Waals surface area contributed by atoms with Gasteiger partial charge in [0.05, 0.1) is 24.9 Å². The molecule has 0 bridgehead atoms. The molecule has 1 fully saturated rings. The quantitative estimate of drug-likeness (QED) is 0.378. The molecular formula is C24H26ClN5O3. The normalized spacial score (nSPS) is 20.4. The molecule has 2 atom stereocenters. The first-order valence-corrected chi connectivity index (χ1v) is 11.8. The molecule has 0 spiro atoms. The van der Waals surface area contributed by atoms with Gasteiger partial charge in [-0.15, -0.1) is 0 Å². The number of carbonyl (C=O) groups excluding carboxylic acids is 1. The van der Waals surface area contributed by atoms with Gasteiger partial charge in [0.2, 0.25) is 5.28 Å². The first-order valence-electron chi connectivity index (χ1n) is 11.4. The Morgan fingerprint density at radius 3 is 2.82 bits per heavy atom. The first-order chi connectivity index (χ1) is 16.1. The lowest BCUT2D eigenvalue weighted by molar-refractivity contribution is -0.0591. The largest absolute Gasteiger partial charge is 0.461 e. The molecule has 172 valence electrons. The van der Waals surface area contributed by atoms with Crippen molar-refractivity contribution in [3.05, 3.63) is 53.0 Å². The van der Waals surface area contributed by atoms with Crippen LogP contribution in [0.3, 0.4) is 0 Å². The predicted octanol–water partition coefficient (Wildman–Crippen LogP) is 4.27. The first kappa shape index (κ1) is 22.0. The van der Waals surface area contributed by atoms with Crippen LogP contribution in [0.4, 0.5) is 0 Å². The summed E-state index contributed by atoms with van der Waals surface area (Å²) in [5.41, 5.74) is 3.93. The monoisotopic (exact) mass is 467 g/mol. The molecule has 0 amide bonds. The summed E-state index contributed by atoms with van der Waals surface area (Å²) in [5.74, 6) is 1.04. The van der Waals surface area contributed by atoms with Crippen molar-refractivity contribution in [3.8, 4) is 0 Å². The number of esters is 1. The van der Waals surface area contributed by atoms with Crippen molar-refractivity contribution in [2.75, 3.05) is 13.2 Å². The summed E-state index contributed by atoms with van der Waals surface area (Å²) in [6.45, 7) is 3.59.